The molecule has 5 nitrogen and oxygen atoms in total. The molecule has 0 aliphatic carbocycles. The number of carbonyl (C=O) groups excluding carboxylic acids is 1. The molecule has 0 saturated carbocycles. The average molecular weight is 284 g/mol. The summed E-state index contributed by atoms with van der Waals surface area (Å²) in [5, 5.41) is 0. The molecule has 0 N–H and O–H groups in total. The van der Waals surface area contributed by atoms with Gasteiger partial charge in [0.25, 0.3) is 0 Å². The van der Waals surface area contributed by atoms with Crippen LogP contribution in [0.4, 0.5) is 0 Å². The maximum Gasteiger partial charge on any atom is 0.245 e. The molecule has 2 aliphatic rings. The van der Waals surface area contributed by atoms with Crippen molar-refractivity contribution in [2.45, 2.75) is 12.7 Å². The van der Waals surface area contributed by atoms with Gasteiger partial charge < -0.3 is 18.9 Å². The molecule has 0 bridgehead atoms. The number of fused-ring (bicyclic) bond motifs is 2. The van der Waals surface area contributed by atoms with Crippen LogP contribution in [0.25, 0.3) is 0 Å². The molecule has 2 aromatic rings. The van der Waals surface area contributed by atoms with E-state index in [9.17, 15) is 4.79 Å². The Morgan fingerprint density at radius 1 is 0.952 bits per heavy atom. The molecular weight excluding hydrogens is 272 g/mol. The van der Waals surface area contributed by atoms with Crippen LogP contribution in [-0.2, 0) is 6.42 Å². The van der Waals surface area contributed by atoms with E-state index in [1.807, 2.05) is 18.2 Å². The number of aldehydes is 1. The van der Waals surface area contributed by atoms with Gasteiger partial charge in [-0.3, -0.25) is 4.79 Å². The lowest BCUT2D eigenvalue weighted by Gasteiger charge is -2.10. The number of rotatable bonds is 3. The Morgan fingerprint density at radius 3 is 2.67 bits per heavy atom. The molecular formula is C16H12O5. The van der Waals surface area contributed by atoms with Gasteiger partial charge in [0, 0.05) is 12.0 Å². The molecule has 0 fully saturated rings. The fourth-order valence-electron chi connectivity index (χ4n) is 2.44. The quantitative estimate of drug-likeness (QED) is 0.811. The summed E-state index contributed by atoms with van der Waals surface area (Å²) in [6.45, 7) is 0.259. The van der Waals surface area contributed by atoms with Crippen LogP contribution in [0.5, 0.6) is 23.0 Å². The zero-order valence-electron chi connectivity index (χ0n) is 11.1. The number of benzene rings is 2. The first-order valence-electron chi connectivity index (χ1n) is 6.63. The third kappa shape index (κ3) is 2.16. The molecule has 4 rings (SSSR count). The topological polar surface area (TPSA) is 54.0 Å². The van der Waals surface area contributed by atoms with Crippen LogP contribution >= 0.6 is 0 Å². The van der Waals surface area contributed by atoms with Crippen LogP contribution in [0.3, 0.4) is 0 Å². The SMILES string of the molecule is O=Cc1ccc2c(c1)OC(Cc1ccc3c(c1)OCO3)O2. The summed E-state index contributed by atoms with van der Waals surface area (Å²) in [5.74, 6) is 2.76. The number of carbonyl (C=O) groups is 1. The number of hydrogen-bond donors (Lipinski definition) is 0. The highest BCUT2D eigenvalue weighted by Gasteiger charge is 2.25. The summed E-state index contributed by atoms with van der Waals surface area (Å²) in [6.07, 6.45) is 0.971. The van der Waals surface area contributed by atoms with E-state index in [2.05, 4.69) is 0 Å². The lowest BCUT2D eigenvalue weighted by atomic mass is 10.1. The van der Waals surface area contributed by atoms with E-state index in [4.69, 9.17) is 18.9 Å². The van der Waals surface area contributed by atoms with Crippen molar-refractivity contribution in [2.24, 2.45) is 0 Å². The molecule has 0 saturated heterocycles. The summed E-state index contributed by atoms with van der Waals surface area (Å²) >= 11 is 0. The third-order valence-electron chi connectivity index (χ3n) is 3.46. The number of hydrogen-bond acceptors (Lipinski definition) is 5. The standard InChI is InChI=1S/C16H12O5/c17-8-11-2-4-13-15(6-11)21-16(20-13)7-10-1-3-12-14(5-10)19-9-18-12/h1-6,8,16H,7,9H2. The van der Waals surface area contributed by atoms with Crippen molar-refractivity contribution in [3.05, 3.63) is 47.5 Å². The molecule has 0 radical (unpaired) electrons. The normalized spacial score (nSPS) is 17.8. The average Bonchev–Trinajstić information content (AvgIpc) is 3.11. The predicted octanol–water partition coefficient (Wildman–Crippen LogP) is 2.57. The second kappa shape index (κ2) is 4.70. The van der Waals surface area contributed by atoms with E-state index in [1.165, 1.54) is 0 Å². The summed E-state index contributed by atoms with van der Waals surface area (Å²) in [5.41, 5.74) is 1.61. The van der Waals surface area contributed by atoms with Gasteiger partial charge in [0.05, 0.1) is 0 Å². The molecule has 1 unspecified atom stereocenters. The van der Waals surface area contributed by atoms with E-state index in [0.29, 0.717) is 23.5 Å². The molecule has 2 aromatic carbocycles. The van der Waals surface area contributed by atoms with Gasteiger partial charge >= 0.3 is 0 Å². The maximum atomic E-state index is 10.8. The Bertz CT molecular complexity index is 710. The van der Waals surface area contributed by atoms with Crippen molar-refractivity contribution in [2.75, 3.05) is 6.79 Å². The summed E-state index contributed by atoms with van der Waals surface area (Å²) in [7, 11) is 0. The monoisotopic (exact) mass is 284 g/mol. The second-order valence-corrected chi connectivity index (χ2v) is 4.88. The van der Waals surface area contributed by atoms with Crippen LogP contribution in [-0.4, -0.2) is 19.4 Å². The maximum absolute atomic E-state index is 10.8. The van der Waals surface area contributed by atoms with Crippen LogP contribution < -0.4 is 18.9 Å². The van der Waals surface area contributed by atoms with E-state index in [-0.39, 0.29) is 6.79 Å². The van der Waals surface area contributed by atoms with Crippen molar-refractivity contribution in [1.82, 2.24) is 0 Å². The lowest BCUT2D eigenvalue weighted by molar-refractivity contribution is 0.0502. The summed E-state index contributed by atoms with van der Waals surface area (Å²) in [6, 6.07) is 10.9. The Labute approximate surface area is 121 Å². The second-order valence-electron chi connectivity index (χ2n) is 4.88. The fraction of sp³-hybridized carbons (Fsp3) is 0.188. The van der Waals surface area contributed by atoms with Crippen molar-refractivity contribution in [1.29, 1.82) is 0 Å². The minimum absolute atomic E-state index is 0.259. The molecule has 2 heterocycles. The van der Waals surface area contributed by atoms with Crippen molar-refractivity contribution < 1.29 is 23.7 Å². The molecule has 21 heavy (non-hydrogen) atoms. The van der Waals surface area contributed by atoms with Crippen LogP contribution in [0.1, 0.15) is 15.9 Å². The molecule has 106 valence electrons. The number of ether oxygens (including phenoxy) is 4. The molecule has 0 amide bonds. The lowest BCUT2D eigenvalue weighted by Crippen LogP contribution is -2.20. The Hall–Kier alpha value is -2.69. The first kappa shape index (κ1) is 12.1. The summed E-state index contributed by atoms with van der Waals surface area (Å²) in [4.78, 5) is 10.8. The largest absolute Gasteiger partial charge is 0.454 e. The first-order valence-corrected chi connectivity index (χ1v) is 6.63. The van der Waals surface area contributed by atoms with Crippen LogP contribution in [0.2, 0.25) is 0 Å². The van der Waals surface area contributed by atoms with Gasteiger partial charge in [0.15, 0.2) is 23.0 Å². The van der Waals surface area contributed by atoms with Gasteiger partial charge in [-0.05, 0) is 35.9 Å². The first-order chi connectivity index (χ1) is 10.3. The molecule has 0 aromatic heterocycles. The fourth-order valence-corrected chi connectivity index (χ4v) is 2.44. The van der Waals surface area contributed by atoms with Crippen LogP contribution in [0.15, 0.2) is 36.4 Å². The van der Waals surface area contributed by atoms with E-state index >= 15 is 0 Å². The van der Waals surface area contributed by atoms with Crippen molar-refractivity contribution >= 4 is 6.29 Å². The zero-order valence-corrected chi connectivity index (χ0v) is 11.1. The van der Waals surface area contributed by atoms with Gasteiger partial charge in [-0.2, -0.15) is 0 Å². The minimum Gasteiger partial charge on any atom is -0.454 e. The van der Waals surface area contributed by atoms with Crippen molar-refractivity contribution in [3.63, 3.8) is 0 Å². The van der Waals surface area contributed by atoms with Gasteiger partial charge in [-0.1, -0.05) is 6.07 Å². The van der Waals surface area contributed by atoms with Gasteiger partial charge in [-0.25, -0.2) is 0 Å². The molecule has 1 atom stereocenters. The highest BCUT2D eigenvalue weighted by Crippen LogP contribution is 2.37. The minimum atomic E-state index is -0.401. The zero-order chi connectivity index (χ0) is 14.2. The van der Waals surface area contributed by atoms with E-state index in [1.54, 1.807) is 18.2 Å². The molecule has 0 spiro atoms. The van der Waals surface area contributed by atoms with Gasteiger partial charge in [0.1, 0.15) is 6.29 Å². The van der Waals surface area contributed by atoms with Crippen LogP contribution in [0, 0.1) is 0 Å². The summed E-state index contributed by atoms with van der Waals surface area (Å²) < 4.78 is 22.1. The predicted molar refractivity (Wildman–Crippen MR) is 73.1 cm³/mol. The third-order valence-corrected chi connectivity index (χ3v) is 3.46. The molecule has 5 heteroatoms. The highest BCUT2D eigenvalue weighted by atomic mass is 16.7. The van der Waals surface area contributed by atoms with E-state index in [0.717, 1.165) is 23.3 Å². The van der Waals surface area contributed by atoms with Gasteiger partial charge in [0.2, 0.25) is 13.1 Å². The Balaban J connectivity index is 1.51. The Morgan fingerprint density at radius 2 is 1.76 bits per heavy atom. The Kier molecular flexibility index (Phi) is 2.70. The highest BCUT2D eigenvalue weighted by molar-refractivity contribution is 5.76. The van der Waals surface area contributed by atoms with Crippen molar-refractivity contribution in [3.8, 4) is 23.0 Å². The van der Waals surface area contributed by atoms with Gasteiger partial charge in [-0.15, -0.1) is 0 Å². The van der Waals surface area contributed by atoms with E-state index < -0.39 is 6.29 Å². The smallest absolute Gasteiger partial charge is 0.245 e. The molecule has 2 aliphatic heterocycles.